The highest BCUT2D eigenvalue weighted by Crippen LogP contribution is 2.22. The number of aryl methyl sites for hydroxylation is 1. The molecule has 2 N–H and O–H groups in total. The fraction of sp³-hybridized carbons (Fsp3) is 0.625. The number of rotatable bonds is 6. The minimum atomic E-state index is -0.880. The lowest BCUT2D eigenvalue weighted by Crippen LogP contribution is -2.44. The number of anilines is 1. The average molecular weight is 291 g/mol. The summed E-state index contributed by atoms with van der Waals surface area (Å²) in [6.07, 6.45) is 3.95. The Morgan fingerprint density at radius 3 is 2.67 bits per heavy atom. The summed E-state index contributed by atoms with van der Waals surface area (Å²) < 4.78 is 0. The van der Waals surface area contributed by atoms with E-state index in [-0.39, 0.29) is 0 Å². The monoisotopic (exact) mass is 291 g/mol. The summed E-state index contributed by atoms with van der Waals surface area (Å²) in [6.45, 7) is 7.11. The van der Waals surface area contributed by atoms with E-state index in [1.807, 2.05) is 6.92 Å². The van der Waals surface area contributed by atoms with Gasteiger partial charge in [-0.15, -0.1) is 0 Å². The van der Waals surface area contributed by atoms with Crippen LogP contribution in [0.1, 0.15) is 49.2 Å². The van der Waals surface area contributed by atoms with Crippen LogP contribution in [0.25, 0.3) is 0 Å². The predicted molar refractivity (Wildman–Crippen MR) is 84.1 cm³/mol. The van der Waals surface area contributed by atoms with E-state index in [2.05, 4.69) is 22.1 Å². The van der Waals surface area contributed by atoms with E-state index in [4.69, 9.17) is 0 Å². The molecule has 5 nitrogen and oxygen atoms in total. The zero-order valence-corrected chi connectivity index (χ0v) is 12.9. The Bertz CT molecular complexity index is 484. The Morgan fingerprint density at radius 2 is 2.10 bits per heavy atom. The van der Waals surface area contributed by atoms with Crippen LogP contribution < -0.4 is 10.2 Å². The Morgan fingerprint density at radius 1 is 1.38 bits per heavy atom. The molecular formula is C16H25N3O2. The van der Waals surface area contributed by atoms with Gasteiger partial charge in [0.15, 0.2) is 0 Å². The number of piperidine rings is 1. The predicted octanol–water partition coefficient (Wildman–Crippen LogP) is 2.31. The molecule has 0 amide bonds. The van der Waals surface area contributed by atoms with E-state index in [1.54, 1.807) is 12.1 Å². The molecule has 5 heteroatoms. The van der Waals surface area contributed by atoms with Crippen LogP contribution in [0.4, 0.5) is 5.82 Å². The summed E-state index contributed by atoms with van der Waals surface area (Å²) in [5.74, 6) is -0.0596. The molecule has 2 heterocycles. The van der Waals surface area contributed by atoms with Crippen molar-refractivity contribution in [1.82, 2.24) is 10.3 Å². The SMILES string of the molecule is CCCN(c1cc(C(=O)O)cc(CC)n1)C1CCNCC1. The third-order valence-electron chi connectivity index (χ3n) is 3.98. The zero-order chi connectivity index (χ0) is 15.2. The molecule has 2 rings (SSSR count). The summed E-state index contributed by atoms with van der Waals surface area (Å²) in [4.78, 5) is 18.3. The van der Waals surface area contributed by atoms with Crippen LogP contribution in [0.15, 0.2) is 12.1 Å². The van der Waals surface area contributed by atoms with Crippen LogP contribution >= 0.6 is 0 Å². The molecule has 1 aliphatic rings. The third-order valence-corrected chi connectivity index (χ3v) is 3.98. The second-order valence-corrected chi connectivity index (χ2v) is 5.54. The number of carboxylic acids is 1. The molecule has 0 radical (unpaired) electrons. The first kappa shape index (κ1) is 15.8. The summed E-state index contributed by atoms with van der Waals surface area (Å²) in [5, 5.41) is 12.7. The van der Waals surface area contributed by atoms with Crippen molar-refractivity contribution in [3.8, 4) is 0 Å². The molecule has 0 saturated carbocycles. The minimum absolute atomic E-state index is 0.340. The molecule has 0 bridgehead atoms. The van der Waals surface area contributed by atoms with Crippen LogP contribution in [-0.2, 0) is 6.42 Å². The largest absolute Gasteiger partial charge is 0.478 e. The quantitative estimate of drug-likeness (QED) is 0.842. The van der Waals surface area contributed by atoms with Gasteiger partial charge in [-0.1, -0.05) is 13.8 Å². The molecule has 0 atom stereocenters. The number of nitrogens with one attached hydrogen (secondary N) is 1. The topological polar surface area (TPSA) is 65.5 Å². The Balaban J connectivity index is 2.33. The van der Waals surface area contributed by atoms with Gasteiger partial charge in [0.05, 0.1) is 5.56 Å². The van der Waals surface area contributed by atoms with Crippen molar-refractivity contribution in [3.05, 3.63) is 23.4 Å². The van der Waals surface area contributed by atoms with E-state index >= 15 is 0 Å². The molecular weight excluding hydrogens is 266 g/mol. The second kappa shape index (κ2) is 7.41. The van der Waals surface area contributed by atoms with Crippen molar-refractivity contribution < 1.29 is 9.90 Å². The Labute approximate surface area is 126 Å². The van der Waals surface area contributed by atoms with Crippen molar-refractivity contribution in [2.75, 3.05) is 24.5 Å². The lowest BCUT2D eigenvalue weighted by atomic mass is 10.0. The molecule has 0 spiro atoms. The van der Waals surface area contributed by atoms with Crippen LogP contribution in [0.3, 0.4) is 0 Å². The van der Waals surface area contributed by atoms with Gasteiger partial charge in [-0.25, -0.2) is 9.78 Å². The fourth-order valence-corrected chi connectivity index (χ4v) is 2.87. The van der Waals surface area contributed by atoms with Crippen molar-refractivity contribution in [2.24, 2.45) is 0 Å². The minimum Gasteiger partial charge on any atom is -0.478 e. The highest BCUT2D eigenvalue weighted by molar-refractivity contribution is 5.88. The first-order valence-corrected chi connectivity index (χ1v) is 7.87. The molecule has 1 aromatic heterocycles. The van der Waals surface area contributed by atoms with Gasteiger partial charge in [-0.05, 0) is 50.9 Å². The van der Waals surface area contributed by atoms with Gasteiger partial charge < -0.3 is 15.3 Å². The maximum absolute atomic E-state index is 11.3. The number of aromatic carboxylic acids is 1. The molecule has 0 aromatic carbocycles. The molecule has 21 heavy (non-hydrogen) atoms. The molecule has 1 aromatic rings. The number of pyridine rings is 1. The van der Waals surface area contributed by atoms with Crippen LogP contribution in [0, 0.1) is 0 Å². The normalized spacial score (nSPS) is 15.9. The number of carboxylic acid groups (broad SMARTS) is 1. The van der Waals surface area contributed by atoms with E-state index in [0.717, 1.165) is 56.8 Å². The first-order valence-electron chi connectivity index (χ1n) is 7.87. The lowest BCUT2D eigenvalue weighted by molar-refractivity contribution is 0.0696. The van der Waals surface area contributed by atoms with Crippen LogP contribution in [0.2, 0.25) is 0 Å². The molecule has 116 valence electrons. The van der Waals surface area contributed by atoms with E-state index < -0.39 is 5.97 Å². The van der Waals surface area contributed by atoms with Gasteiger partial charge in [0.2, 0.25) is 0 Å². The van der Waals surface area contributed by atoms with Gasteiger partial charge >= 0.3 is 5.97 Å². The van der Waals surface area contributed by atoms with Crippen LogP contribution in [0.5, 0.6) is 0 Å². The first-order chi connectivity index (χ1) is 10.2. The molecule has 0 aliphatic carbocycles. The van der Waals surface area contributed by atoms with Gasteiger partial charge in [0, 0.05) is 18.3 Å². The standard InChI is InChI=1S/C16H25N3O2/c1-3-9-19(14-5-7-17-8-6-14)15-11-12(16(20)21)10-13(4-2)18-15/h10-11,14,17H,3-9H2,1-2H3,(H,20,21). The van der Waals surface area contributed by atoms with Crippen molar-refractivity contribution in [1.29, 1.82) is 0 Å². The molecule has 1 fully saturated rings. The maximum Gasteiger partial charge on any atom is 0.335 e. The van der Waals surface area contributed by atoms with Gasteiger partial charge in [0.25, 0.3) is 0 Å². The smallest absolute Gasteiger partial charge is 0.335 e. The Kier molecular flexibility index (Phi) is 5.56. The van der Waals surface area contributed by atoms with E-state index in [1.165, 1.54) is 0 Å². The number of hydrogen-bond donors (Lipinski definition) is 2. The number of carbonyl (C=O) groups is 1. The summed E-state index contributed by atoms with van der Waals surface area (Å²) >= 11 is 0. The van der Waals surface area contributed by atoms with Crippen molar-refractivity contribution >= 4 is 11.8 Å². The van der Waals surface area contributed by atoms with Crippen molar-refractivity contribution in [2.45, 2.75) is 45.6 Å². The average Bonchev–Trinajstić information content (AvgIpc) is 2.52. The second-order valence-electron chi connectivity index (χ2n) is 5.54. The van der Waals surface area contributed by atoms with E-state index in [0.29, 0.717) is 11.6 Å². The summed E-state index contributed by atoms with van der Waals surface area (Å²) in [7, 11) is 0. The number of aromatic nitrogens is 1. The van der Waals surface area contributed by atoms with Gasteiger partial charge in [-0.2, -0.15) is 0 Å². The fourth-order valence-electron chi connectivity index (χ4n) is 2.87. The molecule has 1 saturated heterocycles. The van der Waals surface area contributed by atoms with Crippen molar-refractivity contribution in [3.63, 3.8) is 0 Å². The zero-order valence-electron chi connectivity index (χ0n) is 12.9. The lowest BCUT2D eigenvalue weighted by Gasteiger charge is -2.35. The van der Waals surface area contributed by atoms with E-state index in [9.17, 15) is 9.90 Å². The summed E-state index contributed by atoms with van der Waals surface area (Å²) in [6, 6.07) is 3.85. The third kappa shape index (κ3) is 3.94. The maximum atomic E-state index is 11.3. The highest BCUT2D eigenvalue weighted by Gasteiger charge is 2.22. The van der Waals surface area contributed by atoms with Gasteiger partial charge in [-0.3, -0.25) is 0 Å². The molecule has 0 unspecified atom stereocenters. The Hall–Kier alpha value is -1.62. The molecule has 1 aliphatic heterocycles. The number of nitrogens with zero attached hydrogens (tertiary/aromatic N) is 2. The highest BCUT2D eigenvalue weighted by atomic mass is 16.4. The van der Waals surface area contributed by atoms with Gasteiger partial charge in [0.1, 0.15) is 5.82 Å². The van der Waals surface area contributed by atoms with Crippen LogP contribution in [-0.4, -0.2) is 41.7 Å². The number of hydrogen-bond acceptors (Lipinski definition) is 4. The summed E-state index contributed by atoms with van der Waals surface area (Å²) in [5.41, 5.74) is 1.19.